The van der Waals surface area contributed by atoms with Gasteiger partial charge < -0.3 is 10.2 Å². The molecule has 0 spiro atoms. The van der Waals surface area contributed by atoms with Gasteiger partial charge in [-0.25, -0.2) is 4.39 Å². The van der Waals surface area contributed by atoms with Crippen LogP contribution in [0.4, 0.5) is 4.39 Å². The Labute approximate surface area is 152 Å². The first kappa shape index (κ1) is 17.7. The number of hydrogen-bond acceptors (Lipinski definition) is 2. The van der Waals surface area contributed by atoms with E-state index in [-0.39, 0.29) is 5.91 Å². The summed E-state index contributed by atoms with van der Waals surface area (Å²) in [6, 6.07) is 0. The van der Waals surface area contributed by atoms with Crippen LogP contribution in [-0.4, -0.2) is 35.0 Å². The number of fused-ring (bicyclic) bond motifs is 1. The van der Waals surface area contributed by atoms with E-state index in [9.17, 15) is 9.18 Å². The van der Waals surface area contributed by atoms with Crippen molar-refractivity contribution in [2.45, 2.75) is 50.0 Å². The maximum absolute atomic E-state index is 14.9. The van der Waals surface area contributed by atoms with Crippen LogP contribution < -0.4 is 5.32 Å². The lowest BCUT2D eigenvalue weighted by molar-refractivity contribution is -0.117. The van der Waals surface area contributed by atoms with Crippen molar-refractivity contribution in [1.82, 2.24) is 10.2 Å². The number of carbonyl (C=O) groups excluding carboxylic acids is 1. The molecule has 1 fully saturated rings. The van der Waals surface area contributed by atoms with E-state index in [2.05, 4.69) is 26.1 Å². The van der Waals surface area contributed by atoms with E-state index in [1.165, 1.54) is 44.6 Å². The van der Waals surface area contributed by atoms with Gasteiger partial charge in [-0.1, -0.05) is 31.8 Å². The molecule has 1 atom stereocenters. The summed E-state index contributed by atoms with van der Waals surface area (Å²) in [5.74, 6) is 0.443. The summed E-state index contributed by atoms with van der Waals surface area (Å²) < 4.78 is 13.2. The van der Waals surface area contributed by atoms with Gasteiger partial charge in [-0.15, -0.1) is 0 Å². The number of nitrogens with zero attached hydrogens (tertiary/aromatic N) is 1. The van der Waals surface area contributed by atoms with Crippen LogP contribution >= 0.6 is 15.9 Å². The van der Waals surface area contributed by atoms with E-state index in [4.69, 9.17) is 0 Å². The summed E-state index contributed by atoms with van der Waals surface area (Å²) in [7, 11) is 0. The molecule has 2 aliphatic carbocycles. The van der Waals surface area contributed by atoms with Gasteiger partial charge in [-0.3, -0.25) is 4.79 Å². The normalized spacial score (nSPS) is 27.8. The number of likely N-dealkylation sites (N-methyl/N-ethyl adjacent to an activating group) is 1. The zero-order valence-corrected chi connectivity index (χ0v) is 15.9. The SMILES string of the molecule is CCN1CC(C(=O)NCC2CCCCCC2)=C2C1=CC=CC2(F)Br. The van der Waals surface area contributed by atoms with Crippen LogP contribution in [0.1, 0.15) is 45.4 Å². The van der Waals surface area contributed by atoms with Crippen LogP contribution in [0, 0.1) is 5.92 Å². The average Bonchev–Trinajstić information content (AvgIpc) is 2.75. The molecule has 24 heavy (non-hydrogen) atoms. The molecule has 1 saturated carbocycles. The van der Waals surface area contributed by atoms with Crippen molar-refractivity contribution < 1.29 is 9.18 Å². The molecular weight excluding hydrogens is 371 g/mol. The summed E-state index contributed by atoms with van der Waals surface area (Å²) in [5, 5.41) is 3.08. The fourth-order valence-corrected chi connectivity index (χ4v) is 4.55. The van der Waals surface area contributed by atoms with Gasteiger partial charge in [-0.2, -0.15) is 0 Å². The smallest absolute Gasteiger partial charge is 0.249 e. The Morgan fingerprint density at radius 3 is 2.75 bits per heavy atom. The minimum atomic E-state index is -1.75. The predicted molar refractivity (Wildman–Crippen MR) is 98.5 cm³/mol. The van der Waals surface area contributed by atoms with Crippen LogP contribution in [-0.2, 0) is 4.79 Å². The quantitative estimate of drug-likeness (QED) is 0.569. The van der Waals surface area contributed by atoms with Crippen molar-refractivity contribution in [3.05, 3.63) is 35.1 Å². The average molecular weight is 397 g/mol. The van der Waals surface area contributed by atoms with Crippen molar-refractivity contribution in [3.63, 3.8) is 0 Å². The van der Waals surface area contributed by atoms with Crippen molar-refractivity contribution in [1.29, 1.82) is 0 Å². The lowest BCUT2D eigenvalue weighted by atomic mass is 9.98. The van der Waals surface area contributed by atoms with Crippen molar-refractivity contribution in [2.24, 2.45) is 5.92 Å². The summed E-state index contributed by atoms with van der Waals surface area (Å²) in [6.07, 6.45) is 12.6. The van der Waals surface area contributed by atoms with Crippen molar-refractivity contribution >= 4 is 21.8 Å². The molecule has 5 heteroatoms. The zero-order valence-electron chi connectivity index (χ0n) is 14.3. The zero-order chi connectivity index (χ0) is 17.2. The van der Waals surface area contributed by atoms with Gasteiger partial charge in [0.05, 0.1) is 0 Å². The minimum absolute atomic E-state index is 0.118. The Kier molecular flexibility index (Phi) is 5.48. The lowest BCUT2D eigenvalue weighted by Gasteiger charge is -2.25. The van der Waals surface area contributed by atoms with Crippen LogP contribution in [0.2, 0.25) is 0 Å². The topological polar surface area (TPSA) is 32.3 Å². The second-order valence-electron chi connectivity index (χ2n) is 6.97. The highest BCUT2D eigenvalue weighted by molar-refractivity contribution is 9.10. The number of allylic oxidation sites excluding steroid dienone is 4. The molecule has 132 valence electrons. The third-order valence-electron chi connectivity index (χ3n) is 5.32. The first-order valence-corrected chi connectivity index (χ1v) is 9.86. The fraction of sp³-hybridized carbons (Fsp3) is 0.632. The third kappa shape index (κ3) is 3.61. The highest BCUT2D eigenvalue weighted by atomic mass is 79.9. The van der Waals surface area contributed by atoms with Crippen LogP contribution in [0.5, 0.6) is 0 Å². The number of alkyl halides is 2. The van der Waals surface area contributed by atoms with E-state index in [0.717, 1.165) is 12.2 Å². The van der Waals surface area contributed by atoms with E-state index in [1.54, 1.807) is 6.08 Å². The van der Waals surface area contributed by atoms with Gasteiger partial charge in [0.15, 0.2) is 0 Å². The molecule has 0 bridgehead atoms. The summed E-state index contributed by atoms with van der Waals surface area (Å²) in [5.41, 5.74) is 1.85. The Balaban J connectivity index is 1.73. The molecule has 0 aromatic carbocycles. The molecule has 1 amide bonds. The molecule has 3 rings (SSSR count). The Morgan fingerprint density at radius 1 is 1.38 bits per heavy atom. The van der Waals surface area contributed by atoms with E-state index >= 15 is 0 Å². The predicted octanol–water partition coefficient (Wildman–Crippen LogP) is 4.22. The molecule has 0 aromatic heterocycles. The monoisotopic (exact) mass is 396 g/mol. The van der Waals surface area contributed by atoms with E-state index < -0.39 is 4.58 Å². The molecule has 1 aliphatic heterocycles. The van der Waals surface area contributed by atoms with Gasteiger partial charge >= 0.3 is 0 Å². The minimum Gasteiger partial charge on any atom is -0.367 e. The molecule has 0 aromatic rings. The first-order valence-electron chi connectivity index (χ1n) is 9.07. The number of amides is 1. The second kappa shape index (κ2) is 7.42. The van der Waals surface area contributed by atoms with Crippen LogP contribution in [0.15, 0.2) is 35.1 Å². The van der Waals surface area contributed by atoms with Gasteiger partial charge in [0.2, 0.25) is 10.5 Å². The van der Waals surface area contributed by atoms with E-state index in [1.807, 2.05) is 13.0 Å². The summed E-state index contributed by atoms with van der Waals surface area (Å²) >= 11 is 3.14. The number of carbonyl (C=O) groups is 1. The molecule has 1 unspecified atom stereocenters. The van der Waals surface area contributed by atoms with Gasteiger partial charge in [0, 0.05) is 36.5 Å². The lowest BCUT2D eigenvalue weighted by Crippen LogP contribution is -2.33. The second-order valence-corrected chi connectivity index (χ2v) is 8.12. The molecule has 3 aliphatic rings. The maximum atomic E-state index is 14.9. The van der Waals surface area contributed by atoms with Crippen molar-refractivity contribution in [3.8, 4) is 0 Å². The molecule has 0 saturated heterocycles. The molecular formula is C19H26BrFN2O. The Hall–Kier alpha value is -1.10. The molecule has 0 radical (unpaired) electrons. The number of nitrogens with one attached hydrogen (secondary N) is 1. The highest BCUT2D eigenvalue weighted by Gasteiger charge is 2.42. The van der Waals surface area contributed by atoms with Gasteiger partial charge in [0.1, 0.15) is 0 Å². The summed E-state index contributed by atoms with van der Waals surface area (Å²) in [6.45, 7) is 3.97. The molecule has 1 heterocycles. The first-order chi connectivity index (χ1) is 11.5. The number of hydrogen-bond donors (Lipinski definition) is 1. The van der Waals surface area contributed by atoms with Crippen molar-refractivity contribution in [2.75, 3.05) is 19.6 Å². The number of halogens is 2. The maximum Gasteiger partial charge on any atom is 0.249 e. The molecule has 1 N–H and O–H groups in total. The molecule has 3 nitrogen and oxygen atoms in total. The Bertz CT molecular complexity index is 586. The van der Waals surface area contributed by atoms with Crippen LogP contribution in [0.3, 0.4) is 0 Å². The highest BCUT2D eigenvalue weighted by Crippen LogP contribution is 2.45. The largest absolute Gasteiger partial charge is 0.367 e. The summed E-state index contributed by atoms with van der Waals surface area (Å²) in [4.78, 5) is 14.8. The Morgan fingerprint density at radius 2 is 2.08 bits per heavy atom. The number of rotatable bonds is 4. The van der Waals surface area contributed by atoms with Crippen LogP contribution in [0.25, 0.3) is 0 Å². The van der Waals surface area contributed by atoms with E-state index in [0.29, 0.717) is 30.2 Å². The van der Waals surface area contributed by atoms with Gasteiger partial charge in [0.25, 0.3) is 0 Å². The fourth-order valence-electron chi connectivity index (χ4n) is 3.95. The standard InChI is InChI=1S/C19H26BrFN2O/c1-2-23-13-15(17-16(23)10-7-11-19(17,20)21)18(24)22-12-14-8-5-3-4-6-9-14/h7,10-11,14H,2-6,8-9,12-13H2,1H3,(H,22,24). The van der Waals surface area contributed by atoms with Gasteiger partial charge in [-0.05, 0) is 53.8 Å². The third-order valence-corrected chi connectivity index (χ3v) is 5.98.